The summed E-state index contributed by atoms with van der Waals surface area (Å²) < 4.78 is 19.3. The van der Waals surface area contributed by atoms with Gasteiger partial charge < -0.3 is 9.84 Å². The molecule has 0 spiro atoms. The van der Waals surface area contributed by atoms with Gasteiger partial charge in [0.1, 0.15) is 6.10 Å². The van der Waals surface area contributed by atoms with Crippen LogP contribution < -0.4 is 4.74 Å². The van der Waals surface area contributed by atoms with Crippen LogP contribution in [0.2, 0.25) is 0 Å². The average molecular weight is 282 g/mol. The molecule has 1 aliphatic rings. The molecule has 0 saturated heterocycles. The Morgan fingerprint density at radius 1 is 1.50 bits per heavy atom. The third-order valence-corrected chi connectivity index (χ3v) is 3.56. The lowest BCUT2D eigenvalue weighted by molar-refractivity contribution is -0.143. The minimum absolute atomic E-state index is 0.0946. The third kappa shape index (κ3) is 3.43. The van der Waals surface area contributed by atoms with Crippen LogP contribution in [0.4, 0.5) is 4.39 Å². The highest BCUT2D eigenvalue weighted by atomic mass is 19.1. The van der Waals surface area contributed by atoms with Gasteiger partial charge in [-0.2, -0.15) is 4.39 Å². The number of carboxylic acid groups (broad SMARTS) is 1. The van der Waals surface area contributed by atoms with E-state index in [1.165, 1.54) is 6.20 Å². The highest BCUT2D eigenvalue weighted by Gasteiger charge is 2.29. The molecule has 6 heteroatoms. The van der Waals surface area contributed by atoms with Crippen molar-refractivity contribution in [2.45, 2.75) is 51.6 Å². The number of hydrogen-bond acceptors (Lipinski definition) is 4. The van der Waals surface area contributed by atoms with Gasteiger partial charge in [-0.3, -0.25) is 4.79 Å². The largest absolute Gasteiger partial charge is 0.481 e. The van der Waals surface area contributed by atoms with Gasteiger partial charge in [0.25, 0.3) is 11.8 Å². The number of hydrogen-bond donors (Lipinski definition) is 1. The van der Waals surface area contributed by atoms with E-state index in [0.717, 1.165) is 12.8 Å². The van der Waals surface area contributed by atoms with E-state index in [1.54, 1.807) is 0 Å². The van der Waals surface area contributed by atoms with Crippen molar-refractivity contribution >= 4 is 5.97 Å². The first kappa shape index (κ1) is 14.7. The molecule has 110 valence electrons. The Kier molecular flexibility index (Phi) is 4.52. The van der Waals surface area contributed by atoms with Gasteiger partial charge in [0.2, 0.25) is 0 Å². The fourth-order valence-electron chi connectivity index (χ4n) is 2.36. The van der Waals surface area contributed by atoms with Crippen molar-refractivity contribution in [2.24, 2.45) is 5.92 Å². The summed E-state index contributed by atoms with van der Waals surface area (Å²) in [7, 11) is 0. The van der Waals surface area contributed by atoms with Crippen molar-refractivity contribution in [3.63, 3.8) is 0 Å². The fraction of sp³-hybridized carbons (Fsp3) is 0.643. The highest BCUT2D eigenvalue weighted by molar-refractivity contribution is 5.70. The van der Waals surface area contributed by atoms with Crippen molar-refractivity contribution in [1.29, 1.82) is 0 Å². The maximum atomic E-state index is 13.8. The molecule has 1 N–H and O–H groups in total. The molecule has 0 unspecified atom stereocenters. The first-order chi connectivity index (χ1) is 9.47. The monoisotopic (exact) mass is 282 g/mol. The summed E-state index contributed by atoms with van der Waals surface area (Å²) in [6, 6.07) is 0. The van der Waals surface area contributed by atoms with Crippen LogP contribution in [0.3, 0.4) is 0 Å². The Morgan fingerprint density at radius 3 is 2.85 bits per heavy atom. The molecule has 1 aromatic heterocycles. The Morgan fingerprint density at radius 2 is 2.25 bits per heavy atom. The minimum Gasteiger partial charge on any atom is -0.481 e. The van der Waals surface area contributed by atoms with Gasteiger partial charge in [0, 0.05) is 0 Å². The summed E-state index contributed by atoms with van der Waals surface area (Å²) in [5.41, 5.74) is 0.571. The third-order valence-electron chi connectivity index (χ3n) is 3.56. The van der Waals surface area contributed by atoms with E-state index < -0.39 is 17.8 Å². The van der Waals surface area contributed by atoms with Crippen molar-refractivity contribution in [2.75, 3.05) is 0 Å². The summed E-state index contributed by atoms with van der Waals surface area (Å²) in [6.45, 7) is 3.81. The molecule has 1 aliphatic carbocycles. The highest BCUT2D eigenvalue weighted by Crippen LogP contribution is 2.28. The van der Waals surface area contributed by atoms with Crippen molar-refractivity contribution in [3.8, 4) is 5.88 Å². The van der Waals surface area contributed by atoms with Gasteiger partial charge in [-0.15, -0.1) is 0 Å². The zero-order valence-electron chi connectivity index (χ0n) is 11.7. The van der Waals surface area contributed by atoms with E-state index in [-0.39, 0.29) is 17.9 Å². The lowest BCUT2D eigenvalue weighted by atomic mass is 9.87. The molecule has 0 radical (unpaired) electrons. The molecule has 2 atom stereocenters. The summed E-state index contributed by atoms with van der Waals surface area (Å²) >= 11 is 0. The molecular weight excluding hydrogens is 263 g/mol. The number of nitrogens with zero attached hydrogens (tertiary/aromatic N) is 2. The average Bonchev–Trinajstić information content (AvgIpc) is 2.41. The lowest BCUT2D eigenvalue weighted by Crippen LogP contribution is -2.30. The van der Waals surface area contributed by atoms with E-state index >= 15 is 0 Å². The fourth-order valence-corrected chi connectivity index (χ4v) is 2.36. The van der Waals surface area contributed by atoms with Crippen LogP contribution in [0.25, 0.3) is 0 Å². The van der Waals surface area contributed by atoms with Crippen LogP contribution in [0.1, 0.15) is 51.1 Å². The van der Waals surface area contributed by atoms with Crippen LogP contribution in [0, 0.1) is 11.9 Å². The van der Waals surface area contributed by atoms with Crippen LogP contribution in [-0.4, -0.2) is 27.1 Å². The molecule has 1 fully saturated rings. The number of ether oxygens (including phenoxy) is 1. The Hall–Kier alpha value is -1.72. The number of halogens is 1. The molecule has 1 heterocycles. The smallest absolute Gasteiger partial charge is 0.306 e. The lowest BCUT2D eigenvalue weighted by Gasteiger charge is -2.26. The van der Waals surface area contributed by atoms with Crippen LogP contribution >= 0.6 is 0 Å². The first-order valence-electron chi connectivity index (χ1n) is 6.89. The maximum absolute atomic E-state index is 13.8. The number of rotatable bonds is 4. The molecule has 1 aromatic rings. The van der Waals surface area contributed by atoms with Gasteiger partial charge in [-0.05, 0) is 31.6 Å². The van der Waals surface area contributed by atoms with Gasteiger partial charge in [0.05, 0.1) is 17.8 Å². The van der Waals surface area contributed by atoms with Crippen LogP contribution in [0.15, 0.2) is 6.20 Å². The summed E-state index contributed by atoms with van der Waals surface area (Å²) in [5.74, 6) is -2.00. The van der Waals surface area contributed by atoms with E-state index in [1.807, 2.05) is 13.8 Å². The molecule has 5 nitrogen and oxygen atoms in total. The minimum atomic E-state index is -0.819. The number of aliphatic carboxylic acids is 1. The maximum Gasteiger partial charge on any atom is 0.306 e. The normalized spacial score (nSPS) is 22.8. The molecule has 0 amide bonds. The van der Waals surface area contributed by atoms with E-state index in [4.69, 9.17) is 9.84 Å². The summed E-state index contributed by atoms with van der Waals surface area (Å²) in [6.07, 6.45) is 3.72. The number of aromatic nitrogens is 2. The second-order valence-corrected chi connectivity index (χ2v) is 5.49. The molecule has 1 saturated carbocycles. The molecule has 20 heavy (non-hydrogen) atoms. The van der Waals surface area contributed by atoms with Crippen LogP contribution in [-0.2, 0) is 4.79 Å². The van der Waals surface area contributed by atoms with Gasteiger partial charge in [-0.1, -0.05) is 13.8 Å². The Labute approximate surface area is 117 Å². The van der Waals surface area contributed by atoms with E-state index in [2.05, 4.69) is 9.97 Å². The standard InChI is InChI=1S/C14H19FN2O3/c1-8(2)11-7-16-13(12(15)17-11)20-10-5-3-4-9(6-10)14(18)19/h7-10H,3-6H2,1-2H3,(H,18,19)/t9-,10-/m0/s1. The van der Waals surface area contributed by atoms with Gasteiger partial charge >= 0.3 is 5.97 Å². The topological polar surface area (TPSA) is 72.3 Å². The SMILES string of the molecule is CC(C)c1cnc(O[C@H]2CCC[C@H](C(=O)O)C2)c(F)n1. The Bertz CT molecular complexity index is 493. The quantitative estimate of drug-likeness (QED) is 0.919. The molecular formula is C14H19FN2O3. The Balaban J connectivity index is 2.04. The van der Waals surface area contributed by atoms with E-state index in [0.29, 0.717) is 18.5 Å². The predicted molar refractivity (Wildman–Crippen MR) is 70.1 cm³/mol. The zero-order chi connectivity index (χ0) is 14.7. The summed E-state index contributed by atoms with van der Waals surface area (Å²) in [4.78, 5) is 18.8. The van der Waals surface area contributed by atoms with E-state index in [9.17, 15) is 9.18 Å². The van der Waals surface area contributed by atoms with Gasteiger partial charge in [0.15, 0.2) is 0 Å². The van der Waals surface area contributed by atoms with Crippen LogP contribution in [0.5, 0.6) is 5.88 Å². The summed E-state index contributed by atoms with van der Waals surface area (Å²) in [5, 5.41) is 9.02. The number of carboxylic acids is 1. The molecule has 0 aliphatic heterocycles. The van der Waals surface area contributed by atoms with Crippen molar-refractivity contribution in [1.82, 2.24) is 9.97 Å². The van der Waals surface area contributed by atoms with Gasteiger partial charge in [-0.25, -0.2) is 9.97 Å². The second-order valence-electron chi connectivity index (χ2n) is 5.49. The molecule has 0 aromatic carbocycles. The predicted octanol–water partition coefficient (Wildman–Crippen LogP) is 2.76. The zero-order valence-corrected chi connectivity index (χ0v) is 11.7. The van der Waals surface area contributed by atoms with Crippen molar-refractivity contribution in [3.05, 3.63) is 17.8 Å². The molecule has 2 rings (SSSR count). The van der Waals surface area contributed by atoms with Crippen molar-refractivity contribution < 1.29 is 19.0 Å². The second kappa shape index (κ2) is 6.15. The number of carbonyl (C=O) groups is 1. The molecule has 0 bridgehead atoms. The first-order valence-corrected chi connectivity index (χ1v) is 6.89.